The second-order valence-electron chi connectivity index (χ2n) is 5.00. The average Bonchev–Trinajstić information content (AvgIpc) is 2.39. The second-order valence-corrected chi connectivity index (χ2v) is 5.00. The molecule has 0 spiro atoms. The summed E-state index contributed by atoms with van der Waals surface area (Å²) in [5, 5.41) is 3.34. The summed E-state index contributed by atoms with van der Waals surface area (Å²) in [5.41, 5.74) is 0. The Morgan fingerprint density at radius 2 is 2.11 bits per heavy atom. The molecule has 0 saturated heterocycles. The lowest BCUT2D eigenvalue weighted by Gasteiger charge is -2.20. The molecule has 1 aromatic rings. The van der Waals surface area contributed by atoms with Gasteiger partial charge in [0.1, 0.15) is 5.82 Å². The summed E-state index contributed by atoms with van der Waals surface area (Å²) in [5.74, 6) is 1.58. The smallest absolute Gasteiger partial charge is 0.215 e. The molecular weight excluding hydrogens is 238 g/mol. The molecule has 1 rings (SSSR count). The number of hydrogen-bond donors (Lipinski definition) is 1. The van der Waals surface area contributed by atoms with Crippen molar-refractivity contribution in [2.24, 2.45) is 0 Å². The van der Waals surface area contributed by atoms with Gasteiger partial charge in [-0.15, -0.1) is 0 Å². The van der Waals surface area contributed by atoms with Gasteiger partial charge in [0.2, 0.25) is 5.88 Å². The van der Waals surface area contributed by atoms with Crippen molar-refractivity contribution in [2.45, 2.75) is 39.7 Å². The number of hydrogen-bond acceptors (Lipinski definition) is 4. The Morgan fingerprint density at radius 1 is 1.32 bits per heavy atom. The van der Waals surface area contributed by atoms with Crippen LogP contribution in [0.1, 0.15) is 33.6 Å². The fourth-order valence-corrected chi connectivity index (χ4v) is 1.70. The summed E-state index contributed by atoms with van der Waals surface area (Å²) in [6, 6.07) is 6.44. The summed E-state index contributed by atoms with van der Waals surface area (Å²) in [6.07, 6.45) is 2.35. The zero-order chi connectivity index (χ0) is 14.1. The molecule has 108 valence electrons. The number of unbranched alkanes of at least 4 members (excludes halogenated alkanes) is 1. The van der Waals surface area contributed by atoms with Gasteiger partial charge in [-0.25, -0.2) is 0 Å². The fraction of sp³-hybridized carbons (Fsp3) is 0.667. The van der Waals surface area contributed by atoms with Crippen molar-refractivity contribution >= 4 is 5.82 Å². The van der Waals surface area contributed by atoms with Crippen LogP contribution in [0.2, 0.25) is 0 Å². The minimum absolute atomic E-state index is 0.623. The maximum absolute atomic E-state index is 5.37. The van der Waals surface area contributed by atoms with Gasteiger partial charge in [0.15, 0.2) is 0 Å². The number of anilines is 1. The monoisotopic (exact) mass is 265 g/mol. The first-order valence-electron chi connectivity index (χ1n) is 7.17. The predicted octanol–water partition coefficient (Wildman–Crippen LogP) is 3.01. The Bertz CT molecular complexity index is 355. The molecule has 0 radical (unpaired) electrons. The Kier molecular flexibility index (Phi) is 7.26. The largest absolute Gasteiger partial charge is 0.478 e. The second kappa shape index (κ2) is 8.75. The number of nitrogens with one attached hydrogen (secondary N) is 1. The van der Waals surface area contributed by atoms with Gasteiger partial charge in [-0.1, -0.05) is 6.07 Å². The van der Waals surface area contributed by atoms with Crippen LogP contribution >= 0.6 is 0 Å². The average molecular weight is 265 g/mol. The van der Waals surface area contributed by atoms with E-state index in [0.717, 1.165) is 25.3 Å². The summed E-state index contributed by atoms with van der Waals surface area (Å²) < 4.78 is 5.37. The third-order valence-electron chi connectivity index (χ3n) is 3.14. The van der Waals surface area contributed by atoms with E-state index in [0.29, 0.717) is 18.5 Å². The zero-order valence-electron chi connectivity index (χ0n) is 12.6. The molecule has 0 unspecified atom stereocenters. The summed E-state index contributed by atoms with van der Waals surface area (Å²) >= 11 is 0. The van der Waals surface area contributed by atoms with Gasteiger partial charge >= 0.3 is 0 Å². The zero-order valence-corrected chi connectivity index (χ0v) is 12.6. The van der Waals surface area contributed by atoms with E-state index in [-0.39, 0.29) is 0 Å². The van der Waals surface area contributed by atoms with Gasteiger partial charge in [-0.2, -0.15) is 4.98 Å². The van der Waals surface area contributed by atoms with Crippen molar-refractivity contribution in [3.63, 3.8) is 0 Å². The van der Waals surface area contributed by atoms with Crippen molar-refractivity contribution in [3.05, 3.63) is 18.2 Å². The molecule has 0 saturated carbocycles. The van der Waals surface area contributed by atoms with Crippen LogP contribution in [0.3, 0.4) is 0 Å². The van der Waals surface area contributed by atoms with Gasteiger partial charge < -0.3 is 15.0 Å². The van der Waals surface area contributed by atoms with Crippen LogP contribution in [0.25, 0.3) is 0 Å². The number of nitrogens with zero attached hydrogens (tertiary/aromatic N) is 2. The lowest BCUT2D eigenvalue weighted by molar-refractivity contribution is 0.269. The molecule has 0 fully saturated rings. The molecule has 0 aliphatic heterocycles. The molecule has 0 aromatic carbocycles. The van der Waals surface area contributed by atoms with Crippen LogP contribution in [0, 0.1) is 0 Å². The number of rotatable bonds is 9. The van der Waals surface area contributed by atoms with Gasteiger partial charge in [-0.3, -0.25) is 0 Å². The molecule has 1 N–H and O–H groups in total. The SMILES string of the molecule is CCOc1cccc(NCCCCN(C)C(C)C)n1. The highest BCUT2D eigenvalue weighted by molar-refractivity contribution is 5.36. The van der Waals surface area contributed by atoms with E-state index in [2.05, 4.69) is 36.1 Å². The minimum atomic E-state index is 0.623. The molecule has 0 bridgehead atoms. The highest BCUT2D eigenvalue weighted by Gasteiger charge is 2.02. The summed E-state index contributed by atoms with van der Waals surface area (Å²) in [6.45, 7) is 9.16. The van der Waals surface area contributed by atoms with E-state index in [4.69, 9.17) is 4.74 Å². The van der Waals surface area contributed by atoms with E-state index in [1.807, 2.05) is 25.1 Å². The molecule has 1 aromatic heterocycles. The molecule has 0 amide bonds. The van der Waals surface area contributed by atoms with Gasteiger partial charge in [-0.05, 0) is 53.3 Å². The normalized spacial score (nSPS) is 11.1. The predicted molar refractivity (Wildman–Crippen MR) is 80.9 cm³/mol. The molecule has 19 heavy (non-hydrogen) atoms. The Balaban J connectivity index is 2.20. The molecular formula is C15H27N3O. The molecule has 4 heteroatoms. The molecule has 1 heterocycles. The van der Waals surface area contributed by atoms with Crippen LogP contribution in [-0.4, -0.2) is 42.7 Å². The fourth-order valence-electron chi connectivity index (χ4n) is 1.70. The lowest BCUT2D eigenvalue weighted by atomic mass is 10.2. The minimum Gasteiger partial charge on any atom is -0.478 e. The first-order valence-corrected chi connectivity index (χ1v) is 7.17. The Morgan fingerprint density at radius 3 is 2.79 bits per heavy atom. The van der Waals surface area contributed by atoms with Gasteiger partial charge in [0.25, 0.3) is 0 Å². The van der Waals surface area contributed by atoms with Crippen molar-refractivity contribution in [2.75, 3.05) is 32.1 Å². The van der Waals surface area contributed by atoms with Crippen LogP contribution in [0.5, 0.6) is 5.88 Å². The highest BCUT2D eigenvalue weighted by atomic mass is 16.5. The third-order valence-corrected chi connectivity index (χ3v) is 3.14. The lowest BCUT2D eigenvalue weighted by Crippen LogP contribution is -2.27. The number of ether oxygens (including phenoxy) is 1. The van der Waals surface area contributed by atoms with Crippen LogP contribution in [0.15, 0.2) is 18.2 Å². The van der Waals surface area contributed by atoms with Crippen LogP contribution in [0.4, 0.5) is 5.82 Å². The standard InChI is InChI=1S/C15H27N3O/c1-5-19-15-10-8-9-14(17-15)16-11-6-7-12-18(4)13(2)3/h8-10,13H,5-7,11-12H2,1-4H3,(H,16,17). The Hall–Kier alpha value is -1.29. The quantitative estimate of drug-likeness (QED) is 0.696. The Labute approximate surface area is 117 Å². The van der Waals surface area contributed by atoms with Crippen molar-refractivity contribution in [1.29, 1.82) is 0 Å². The van der Waals surface area contributed by atoms with Crippen LogP contribution < -0.4 is 10.1 Å². The maximum atomic E-state index is 5.37. The van der Waals surface area contributed by atoms with Crippen LogP contribution in [-0.2, 0) is 0 Å². The van der Waals surface area contributed by atoms with Crippen molar-refractivity contribution in [3.8, 4) is 5.88 Å². The number of pyridine rings is 1. The molecule has 0 aliphatic rings. The van der Waals surface area contributed by atoms with Gasteiger partial charge in [0.05, 0.1) is 6.61 Å². The van der Waals surface area contributed by atoms with E-state index >= 15 is 0 Å². The highest BCUT2D eigenvalue weighted by Crippen LogP contribution is 2.11. The van der Waals surface area contributed by atoms with E-state index < -0.39 is 0 Å². The van der Waals surface area contributed by atoms with E-state index in [1.54, 1.807) is 0 Å². The molecule has 0 aliphatic carbocycles. The van der Waals surface area contributed by atoms with E-state index in [1.165, 1.54) is 6.42 Å². The third kappa shape index (κ3) is 6.43. The molecule has 0 atom stereocenters. The topological polar surface area (TPSA) is 37.4 Å². The van der Waals surface area contributed by atoms with Crippen molar-refractivity contribution in [1.82, 2.24) is 9.88 Å². The number of aromatic nitrogens is 1. The van der Waals surface area contributed by atoms with Gasteiger partial charge in [0, 0.05) is 18.7 Å². The summed E-state index contributed by atoms with van der Waals surface area (Å²) in [7, 11) is 2.17. The first kappa shape index (κ1) is 15.8. The first-order chi connectivity index (χ1) is 9.13. The maximum Gasteiger partial charge on any atom is 0.215 e. The molecule has 4 nitrogen and oxygen atoms in total. The van der Waals surface area contributed by atoms with E-state index in [9.17, 15) is 0 Å². The summed E-state index contributed by atoms with van der Waals surface area (Å²) in [4.78, 5) is 6.75. The van der Waals surface area contributed by atoms with Crippen molar-refractivity contribution < 1.29 is 4.74 Å².